The Morgan fingerprint density at radius 2 is 2.21 bits per heavy atom. The molecule has 1 spiro atoms. The number of benzene rings is 1. The Labute approximate surface area is 114 Å². The van der Waals surface area contributed by atoms with E-state index in [1.54, 1.807) is 5.56 Å². The van der Waals surface area contributed by atoms with Crippen molar-refractivity contribution in [2.24, 2.45) is 17.8 Å². The first-order chi connectivity index (χ1) is 9.21. The van der Waals surface area contributed by atoms with Gasteiger partial charge in [0.15, 0.2) is 0 Å². The van der Waals surface area contributed by atoms with E-state index in [4.69, 9.17) is 0 Å². The van der Waals surface area contributed by atoms with E-state index in [9.17, 15) is 4.79 Å². The summed E-state index contributed by atoms with van der Waals surface area (Å²) in [6, 6.07) is 8.87. The first-order valence-electron chi connectivity index (χ1n) is 7.57. The Morgan fingerprint density at radius 3 is 3.00 bits per heavy atom. The predicted octanol–water partition coefficient (Wildman–Crippen LogP) is 2.66. The summed E-state index contributed by atoms with van der Waals surface area (Å²) in [5, 5.41) is 3.18. The van der Waals surface area contributed by atoms with Gasteiger partial charge in [0.2, 0.25) is 5.91 Å². The van der Waals surface area contributed by atoms with Crippen molar-refractivity contribution in [1.82, 2.24) is 5.32 Å². The molecule has 3 aliphatic rings. The third-order valence-electron chi connectivity index (χ3n) is 5.60. The SMILES string of the molecule is CC1CC1C(=O)NCC1CC12CCc1ccccc12. The van der Waals surface area contributed by atoms with Crippen LogP contribution in [0.25, 0.3) is 0 Å². The fraction of sp³-hybridized carbons (Fsp3) is 0.588. The minimum atomic E-state index is 0.292. The van der Waals surface area contributed by atoms with Crippen molar-refractivity contribution in [3.63, 3.8) is 0 Å². The molecule has 2 nitrogen and oxygen atoms in total. The van der Waals surface area contributed by atoms with Crippen LogP contribution in [0.2, 0.25) is 0 Å². The second-order valence-corrected chi connectivity index (χ2v) is 6.78. The van der Waals surface area contributed by atoms with Crippen molar-refractivity contribution in [2.75, 3.05) is 6.54 Å². The molecule has 2 fully saturated rings. The van der Waals surface area contributed by atoms with Gasteiger partial charge in [-0.25, -0.2) is 0 Å². The molecule has 1 amide bonds. The van der Waals surface area contributed by atoms with Gasteiger partial charge >= 0.3 is 0 Å². The monoisotopic (exact) mass is 255 g/mol. The number of carbonyl (C=O) groups is 1. The second kappa shape index (κ2) is 3.84. The summed E-state index contributed by atoms with van der Waals surface area (Å²) in [5.74, 6) is 1.89. The number of hydrogen-bond donors (Lipinski definition) is 1. The number of nitrogens with one attached hydrogen (secondary N) is 1. The van der Waals surface area contributed by atoms with E-state index in [0.29, 0.717) is 29.1 Å². The van der Waals surface area contributed by atoms with Gasteiger partial charge in [-0.3, -0.25) is 4.79 Å². The van der Waals surface area contributed by atoms with Gasteiger partial charge in [-0.2, -0.15) is 0 Å². The predicted molar refractivity (Wildman–Crippen MR) is 74.8 cm³/mol. The highest BCUT2D eigenvalue weighted by atomic mass is 16.2. The van der Waals surface area contributed by atoms with Gasteiger partial charge in [0.1, 0.15) is 0 Å². The van der Waals surface area contributed by atoms with Crippen molar-refractivity contribution in [1.29, 1.82) is 0 Å². The van der Waals surface area contributed by atoms with Crippen LogP contribution in [0.1, 0.15) is 37.3 Å². The smallest absolute Gasteiger partial charge is 0.223 e. The molecule has 100 valence electrons. The molecule has 0 saturated heterocycles. The van der Waals surface area contributed by atoms with Crippen molar-refractivity contribution >= 4 is 5.91 Å². The van der Waals surface area contributed by atoms with E-state index in [-0.39, 0.29) is 0 Å². The maximum atomic E-state index is 11.9. The van der Waals surface area contributed by atoms with Crippen LogP contribution in [0.5, 0.6) is 0 Å². The third kappa shape index (κ3) is 1.73. The highest BCUT2D eigenvalue weighted by Gasteiger charge is 2.57. The summed E-state index contributed by atoms with van der Waals surface area (Å²) in [5.41, 5.74) is 3.51. The lowest BCUT2D eigenvalue weighted by Gasteiger charge is -2.12. The zero-order chi connectivity index (χ0) is 13.0. The number of rotatable bonds is 3. The van der Waals surface area contributed by atoms with Gasteiger partial charge < -0.3 is 5.32 Å². The number of hydrogen-bond acceptors (Lipinski definition) is 1. The van der Waals surface area contributed by atoms with Crippen LogP contribution in [0.4, 0.5) is 0 Å². The summed E-state index contributed by atoms with van der Waals surface area (Å²) >= 11 is 0. The Balaban J connectivity index is 1.40. The summed E-state index contributed by atoms with van der Waals surface area (Å²) in [6.45, 7) is 3.05. The van der Waals surface area contributed by atoms with Crippen LogP contribution in [0.15, 0.2) is 24.3 Å². The molecule has 2 saturated carbocycles. The Bertz CT molecular complexity index is 538. The number of fused-ring (bicyclic) bond motifs is 2. The average Bonchev–Trinajstić information content (AvgIpc) is 3.27. The van der Waals surface area contributed by atoms with Crippen LogP contribution in [0.3, 0.4) is 0 Å². The van der Waals surface area contributed by atoms with Gasteiger partial charge in [0.25, 0.3) is 0 Å². The van der Waals surface area contributed by atoms with Crippen LogP contribution in [-0.2, 0) is 16.6 Å². The van der Waals surface area contributed by atoms with Gasteiger partial charge in [-0.15, -0.1) is 0 Å². The van der Waals surface area contributed by atoms with E-state index in [1.807, 2.05) is 0 Å². The zero-order valence-corrected chi connectivity index (χ0v) is 11.5. The largest absolute Gasteiger partial charge is 0.356 e. The lowest BCUT2D eigenvalue weighted by molar-refractivity contribution is -0.122. The van der Waals surface area contributed by atoms with Crippen molar-refractivity contribution in [3.8, 4) is 0 Å². The lowest BCUT2D eigenvalue weighted by atomic mass is 9.95. The Morgan fingerprint density at radius 1 is 1.42 bits per heavy atom. The standard InChI is InChI=1S/C17H21NO/c1-11-8-14(11)16(19)18-10-13-9-17(13)7-6-12-4-2-3-5-15(12)17/h2-5,11,13-14H,6-10H2,1H3,(H,18,19). The number of aryl methyl sites for hydroxylation is 1. The molecule has 1 N–H and O–H groups in total. The molecule has 0 aliphatic heterocycles. The normalized spacial score (nSPS) is 38.1. The number of carbonyl (C=O) groups excluding carboxylic acids is 1. The van der Waals surface area contributed by atoms with Gasteiger partial charge in [0.05, 0.1) is 0 Å². The molecule has 0 aromatic heterocycles. The molecule has 4 rings (SSSR count). The molecule has 1 aromatic rings. The van der Waals surface area contributed by atoms with Gasteiger partial charge in [-0.1, -0.05) is 31.2 Å². The van der Waals surface area contributed by atoms with Crippen LogP contribution in [-0.4, -0.2) is 12.5 Å². The summed E-state index contributed by atoms with van der Waals surface area (Å²) < 4.78 is 0. The van der Waals surface area contributed by atoms with Crippen LogP contribution < -0.4 is 5.32 Å². The highest BCUT2D eigenvalue weighted by Crippen LogP contribution is 2.61. The fourth-order valence-corrected chi connectivity index (χ4v) is 4.04. The molecule has 1 aromatic carbocycles. The highest BCUT2D eigenvalue weighted by molar-refractivity contribution is 5.81. The summed E-state index contributed by atoms with van der Waals surface area (Å²) in [7, 11) is 0. The maximum Gasteiger partial charge on any atom is 0.223 e. The number of amides is 1. The Hall–Kier alpha value is -1.31. The first-order valence-corrected chi connectivity index (χ1v) is 7.57. The molecule has 4 atom stereocenters. The third-order valence-corrected chi connectivity index (χ3v) is 5.60. The van der Waals surface area contributed by atoms with E-state index >= 15 is 0 Å². The minimum Gasteiger partial charge on any atom is -0.356 e. The van der Waals surface area contributed by atoms with E-state index < -0.39 is 0 Å². The Kier molecular flexibility index (Phi) is 2.33. The minimum absolute atomic E-state index is 0.292. The second-order valence-electron chi connectivity index (χ2n) is 6.78. The lowest BCUT2D eigenvalue weighted by Crippen LogP contribution is -2.29. The van der Waals surface area contributed by atoms with E-state index in [0.717, 1.165) is 13.0 Å². The molecule has 0 radical (unpaired) electrons. The molecule has 3 aliphatic carbocycles. The molecular weight excluding hydrogens is 234 g/mol. The fourth-order valence-electron chi connectivity index (χ4n) is 4.04. The molecule has 4 unspecified atom stereocenters. The zero-order valence-electron chi connectivity index (χ0n) is 11.5. The molecule has 2 heteroatoms. The summed E-state index contributed by atoms with van der Waals surface area (Å²) in [4.78, 5) is 11.9. The van der Waals surface area contributed by atoms with Gasteiger partial charge in [-0.05, 0) is 48.6 Å². The van der Waals surface area contributed by atoms with Gasteiger partial charge in [0, 0.05) is 17.9 Å². The van der Waals surface area contributed by atoms with Crippen molar-refractivity contribution in [3.05, 3.63) is 35.4 Å². The van der Waals surface area contributed by atoms with Crippen LogP contribution in [0, 0.1) is 17.8 Å². The van der Waals surface area contributed by atoms with E-state index in [1.165, 1.54) is 24.8 Å². The van der Waals surface area contributed by atoms with E-state index in [2.05, 4.69) is 36.5 Å². The van der Waals surface area contributed by atoms with Crippen molar-refractivity contribution < 1.29 is 4.79 Å². The maximum absolute atomic E-state index is 11.9. The quantitative estimate of drug-likeness (QED) is 0.884. The molecule has 19 heavy (non-hydrogen) atoms. The summed E-state index contributed by atoms with van der Waals surface area (Å²) in [6.07, 6.45) is 4.86. The topological polar surface area (TPSA) is 29.1 Å². The molecule has 0 bridgehead atoms. The van der Waals surface area contributed by atoms with Crippen LogP contribution >= 0.6 is 0 Å². The first kappa shape index (κ1) is 11.5. The average molecular weight is 255 g/mol. The molecule has 0 heterocycles. The van der Waals surface area contributed by atoms with Crippen molar-refractivity contribution in [2.45, 2.75) is 38.0 Å². The molecular formula is C17H21NO.